The van der Waals surface area contributed by atoms with E-state index >= 15 is 0 Å². The van der Waals surface area contributed by atoms with Crippen molar-refractivity contribution in [1.29, 1.82) is 0 Å². The summed E-state index contributed by atoms with van der Waals surface area (Å²) in [4.78, 5) is 65.3. The molecule has 0 aromatic heterocycles. The normalized spacial score (nSPS) is 25.0. The number of hydrogen-bond acceptors (Lipinski definition) is 9. The van der Waals surface area contributed by atoms with Crippen LogP contribution in [0.25, 0.3) is 0 Å². The number of hydrogen-bond donors (Lipinski definition) is 0. The Hall–Kier alpha value is -3.95. The van der Waals surface area contributed by atoms with Crippen LogP contribution >= 0.6 is 31.9 Å². The van der Waals surface area contributed by atoms with Crippen molar-refractivity contribution in [3.8, 4) is 5.75 Å². The molecular weight excluding hydrogens is 750 g/mol. The maximum Gasteiger partial charge on any atom is 0.339 e. The van der Waals surface area contributed by atoms with Gasteiger partial charge in [-0.1, -0.05) is 49.6 Å². The number of alkyl halides is 2. The monoisotopic (exact) mass is 773 g/mol. The first-order valence-electron chi connectivity index (χ1n) is 14.1. The van der Waals surface area contributed by atoms with E-state index in [2.05, 4.69) is 31.9 Å². The maximum atomic E-state index is 13.8. The molecule has 1 saturated heterocycles. The molecule has 12 nitrogen and oxygen atoms in total. The lowest BCUT2D eigenvalue weighted by atomic mass is 9.81. The highest BCUT2D eigenvalue weighted by Gasteiger charge is 2.67. The van der Waals surface area contributed by atoms with E-state index in [1.807, 2.05) is 6.92 Å². The van der Waals surface area contributed by atoms with E-state index in [1.54, 1.807) is 12.1 Å². The SMILES string of the molecule is Cc1ccc(S(=O)(=O)Oc2ccc(C(=O)CN(C(=O)c3ccc([N+](=O)[O-])cc3)N3C(=O)[C@@H]4[C@H]5C[C@@H]([C@@H](Br)[C@H]5Br)[C@H]4C3=O)cc2)cc1. The van der Waals surface area contributed by atoms with Gasteiger partial charge in [0.25, 0.3) is 23.4 Å². The van der Waals surface area contributed by atoms with Crippen molar-refractivity contribution in [3.63, 3.8) is 0 Å². The van der Waals surface area contributed by atoms with Crippen molar-refractivity contribution < 1.29 is 36.7 Å². The fourth-order valence-electron chi connectivity index (χ4n) is 6.48. The van der Waals surface area contributed by atoms with Crippen LogP contribution in [0, 0.1) is 40.7 Å². The Kier molecular flexibility index (Phi) is 8.36. The van der Waals surface area contributed by atoms with Crippen LogP contribution in [0.5, 0.6) is 5.75 Å². The number of fused-ring (bicyclic) bond motifs is 5. The van der Waals surface area contributed by atoms with E-state index in [-0.39, 0.29) is 48.9 Å². The lowest BCUT2D eigenvalue weighted by Gasteiger charge is -2.30. The predicted molar refractivity (Wildman–Crippen MR) is 170 cm³/mol. The minimum absolute atomic E-state index is 0.0470. The minimum atomic E-state index is -4.14. The second-order valence-corrected chi connectivity index (χ2v) is 15.1. The predicted octanol–water partition coefficient (Wildman–Crippen LogP) is 4.69. The number of rotatable bonds is 9. The summed E-state index contributed by atoms with van der Waals surface area (Å²) in [7, 11) is -4.14. The van der Waals surface area contributed by atoms with Crippen LogP contribution in [0.1, 0.15) is 32.7 Å². The van der Waals surface area contributed by atoms with Gasteiger partial charge in [0.05, 0.1) is 16.8 Å². The van der Waals surface area contributed by atoms with Gasteiger partial charge in [-0.3, -0.25) is 29.3 Å². The van der Waals surface area contributed by atoms with E-state index in [4.69, 9.17) is 4.18 Å². The summed E-state index contributed by atoms with van der Waals surface area (Å²) in [6.07, 6.45) is 0.662. The Bertz CT molecular complexity index is 1840. The number of nitro groups is 1. The Balaban J connectivity index is 1.27. The Morgan fingerprint density at radius 1 is 0.891 bits per heavy atom. The van der Waals surface area contributed by atoms with E-state index in [0.717, 1.165) is 27.7 Å². The molecule has 0 spiro atoms. The molecule has 2 saturated carbocycles. The highest BCUT2D eigenvalue weighted by Crippen LogP contribution is 2.60. The van der Waals surface area contributed by atoms with E-state index in [1.165, 1.54) is 48.5 Å². The average molecular weight is 775 g/mol. The summed E-state index contributed by atoms with van der Waals surface area (Å²) in [5.74, 6) is -4.35. The summed E-state index contributed by atoms with van der Waals surface area (Å²) >= 11 is 7.26. The van der Waals surface area contributed by atoms with Crippen LogP contribution in [-0.4, -0.2) is 63.1 Å². The molecule has 46 heavy (non-hydrogen) atoms. The maximum absolute atomic E-state index is 13.8. The molecule has 1 heterocycles. The van der Waals surface area contributed by atoms with Crippen LogP contribution in [0.2, 0.25) is 0 Å². The molecule has 2 aliphatic carbocycles. The molecule has 0 N–H and O–H groups in total. The van der Waals surface area contributed by atoms with Gasteiger partial charge < -0.3 is 4.18 Å². The first-order chi connectivity index (χ1) is 21.8. The number of amides is 3. The highest BCUT2D eigenvalue weighted by molar-refractivity contribution is 9.12. The van der Waals surface area contributed by atoms with Crippen molar-refractivity contribution in [2.75, 3.05) is 6.54 Å². The first kappa shape index (κ1) is 32.0. The third kappa shape index (κ3) is 5.53. The number of nitro benzene ring substituents is 1. The average Bonchev–Trinajstić information content (AvgIpc) is 3.64. The van der Waals surface area contributed by atoms with Gasteiger partial charge in [0.2, 0.25) is 0 Å². The number of ketones is 1. The fraction of sp³-hybridized carbons (Fsp3) is 0.290. The molecule has 3 aliphatic rings. The number of hydrazine groups is 1. The van der Waals surface area contributed by atoms with Crippen LogP contribution in [0.3, 0.4) is 0 Å². The van der Waals surface area contributed by atoms with Crippen molar-refractivity contribution in [1.82, 2.24) is 10.0 Å². The molecule has 6 atom stereocenters. The zero-order valence-electron chi connectivity index (χ0n) is 24.0. The molecule has 0 unspecified atom stereocenters. The number of aryl methyl sites for hydroxylation is 1. The van der Waals surface area contributed by atoms with Gasteiger partial charge >= 0.3 is 10.1 Å². The molecule has 1 aliphatic heterocycles. The Labute approximate surface area is 280 Å². The van der Waals surface area contributed by atoms with Crippen LogP contribution in [0.4, 0.5) is 5.69 Å². The molecule has 238 valence electrons. The molecule has 3 aromatic carbocycles. The topological polar surface area (TPSA) is 161 Å². The summed E-state index contributed by atoms with van der Waals surface area (Å²) in [5, 5.41) is 12.7. The molecule has 0 radical (unpaired) electrons. The van der Waals surface area contributed by atoms with Gasteiger partial charge in [-0.25, -0.2) is 5.01 Å². The second kappa shape index (κ2) is 12.0. The number of nitrogens with zero attached hydrogens (tertiary/aromatic N) is 3. The standard InChI is InChI=1S/C31H25Br2N3O9S/c1-16-2-12-21(13-3-16)46(43,44)45-20-10-6-17(7-11-20)24(37)15-34(29(38)18-4-8-19(9-5-18)36(41)42)35-30(39)25-22-14-23(26(25)31(35)40)28(33)27(22)32/h2-13,22-23,25-28H,14-15H2,1H3/t22-,23-,25-,26-,27-,28+/m1/s1. The van der Waals surface area contributed by atoms with Gasteiger partial charge in [-0.2, -0.15) is 13.4 Å². The van der Waals surface area contributed by atoms with Gasteiger partial charge in [-0.05, 0) is 73.7 Å². The number of benzene rings is 3. The lowest BCUT2D eigenvalue weighted by molar-refractivity contribution is -0.384. The first-order valence-corrected chi connectivity index (χ1v) is 17.4. The summed E-state index contributed by atoms with van der Waals surface area (Å²) in [6.45, 7) is 1.11. The van der Waals surface area contributed by atoms with E-state index < -0.39 is 56.9 Å². The second-order valence-electron chi connectivity index (χ2n) is 11.5. The smallest absolute Gasteiger partial charge is 0.339 e. The summed E-state index contributed by atoms with van der Waals surface area (Å²) < 4.78 is 30.6. The number of Topliss-reactive ketones (excluding diaryl/α,β-unsaturated/α-hetero) is 1. The number of halogens is 2. The van der Waals surface area contributed by atoms with Crippen LogP contribution in [0.15, 0.2) is 77.7 Å². The van der Waals surface area contributed by atoms with E-state index in [0.29, 0.717) is 6.42 Å². The van der Waals surface area contributed by atoms with Crippen LogP contribution in [-0.2, 0) is 19.7 Å². The molecular formula is C31H25Br2N3O9S. The quantitative estimate of drug-likeness (QED) is 0.0751. The van der Waals surface area contributed by atoms with E-state index in [9.17, 15) is 37.7 Å². The fourth-order valence-corrected chi connectivity index (χ4v) is 9.29. The van der Waals surface area contributed by atoms with Crippen LogP contribution < -0.4 is 4.18 Å². The highest BCUT2D eigenvalue weighted by atomic mass is 79.9. The molecule has 15 heteroatoms. The number of non-ortho nitro benzene ring substituents is 1. The minimum Gasteiger partial charge on any atom is -0.379 e. The molecule has 2 bridgehead atoms. The third-order valence-corrected chi connectivity index (χ3v) is 13.2. The van der Waals surface area contributed by atoms with Gasteiger partial charge in [0.15, 0.2) is 5.78 Å². The lowest BCUT2D eigenvalue weighted by Crippen LogP contribution is -2.52. The summed E-state index contributed by atoms with van der Waals surface area (Å²) in [6, 6.07) is 15.9. The van der Waals surface area contributed by atoms with Gasteiger partial charge in [0.1, 0.15) is 17.2 Å². The van der Waals surface area contributed by atoms with Crippen molar-refractivity contribution in [2.24, 2.45) is 23.7 Å². The van der Waals surface area contributed by atoms with Crippen molar-refractivity contribution in [2.45, 2.75) is 27.9 Å². The molecule has 3 fully saturated rings. The molecule has 6 rings (SSSR count). The Morgan fingerprint density at radius 2 is 1.41 bits per heavy atom. The van der Waals surface area contributed by atoms with Crippen molar-refractivity contribution >= 4 is 71.2 Å². The summed E-state index contributed by atoms with van der Waals surface area (Å²) in [5.41, 5.74) is 0.593. The zero-order valence-corrected chi connectivity index (χ0v) is 28.0. The van der Waals surface area contributed by atoms with Gasteiger partial charge in [0, 0.05) is 32.9 Å². The largest absolute Gasteiger partial charge is 0.379 e. The molecule has 3 aromatic rings. The van der Waals surface area contributed by atoms with Gasteiger partial charge in [-0.15, -0.1) is 0 Å². The Morgan fingerprint density at radius 3 is 1.93 bits per heavy atom. The number of carbonyl (C=O) groups is 4. The third-order valence-electron chi connectivity index (χ3n) is 8.75. The molecule has 3 amide bonds. The zero-order chi connectivity index (χ0) is 33.1. The number of carbonyl (C=O) groups excluding carboxylic acids is 4. The number of imide groups is 1. The van der Waals surface area contributed by atoms with Crippen molar-refractivity contribution in [3.05, 3.63) is 99.6 Å².